The number of piperazine rings is 1. The van der Waals surface area contributed by atoms with Gasteiger partial charge >= 0.3 is 0 Å². The fraction of sp³-hybridized carbons (Fsp3) is 0.500. The van der Waals surface area contributed by atoms with Gasteiger partial charge in [-0.1, -0.05) is 0 Å². The molecule has 0 spiro atoms. The molecule has 0 amide bonds. The van der Waals surface area contributed by atoms with Gasteiger partial charge in [-0.25, -0.2) is 0 Å². The van der Waals surface area contributed by atoms with E-state index in [1.165, 1.54) is 0 Å². The molecule has 0 bridgehead atoms. The first-order valence-electron chi connectivity index (χ1n) is 6.19. The lowest BCUT2D eigenvalue weighted by Gasteiger charge is -2.36. The highest BCUT2D eigenvalue weighted by Crippen LogP contribution is 2.16. The van der Waals surface area contributed by atoms with Crippen molar-refractivity contribution in [3.63, 3.8) is 0 Å². The second-order valence-corrected chi connectivity index (χ2v) is 4.85. The Bertz CT molecular complexity index is 416. The maximum absolute atomic E-state index is 12.4. The summed E-state index contributed by atoms with van der Waals surface area (Å²) in [5, 5.41) is 0. The van der Waals surface area contributed by atoms with Crippen LogP contribution in [-0.4, -0.2) is 62.5 Å². The summed E-state index contributed by atoms with van der Waals surface area (Å²) in [7, 11) is 5.70. The number of benzene rings is 1. The predicted molar refractivity (Wildman–Crippen MR) is 71.2 cm³/mol. The van der Waals surface area contributed by atoms with E-state index in [2.05, 4.69) is 16.8 Å². The summed E-state index contributed by atoms with van der Waals surface area (Å²) in [5.74, 6) is 0.965. The molecule has 1 heterocycles. The fourth-order valence-corrected chi connectivity index (χ4v) is 2.24. The van der Waals surface area contributed by atoms with E-state index in [-0.39, 0.29) is 11.8 Å². The number of carbonyl (C=O) groups is 1. The number of hydrogen-bond acceptors (Lipinski definition) is 4. The third-order valence-electron chi connectivity index (χ3n) is 3.53. The lowest BCUT2D eigenvalue weighted by Crippen LogP contribution is -2.53. The molecule has 4 nitrogen and oxygen atoms in total. The van der Waals surface area contributed by atoms with Crippen molar-refractivity contribution in [2.75, 3.05) is 40.8 Å². The summed E-state index contributed by atoms with van der Waals surface area (Å²) >= 11 is 0. The van der Waals surface area contributed by atoms with Crippen molar-refractivity contribution < 1.29 is 9.53 Å². The maximum atomic E-state index is 12.4. The first-order chi connectivity index (χ1) is 8.61. The normalized spacial score (nSPS) is 21.8. The number of Topliss-reactive ketones (excluding diaryl/α,β-unsaturated/α-hetero) is 1. The van der Waals surface area contributed by atoms with Crippen LogP contribution >= 0.6 is 0 Å². The van der Waals surface area contributed by atoms with Gasteiger partial charge in [0, 0.05) is 25.2 Å². The highest BCUT2D eigenvalue weighted by Gasteiger charge is 2.28. The molecule has 4 heteroatoms. The van der Waals surface area contributed by atoms with Gasteiger partial charge in [0.15, 0.2) is 5.78 Å². The number of rotatable bonds is 3. The number of likely N-dealkylation sites (N-methyl/N-ethyl adjacent to an activating group) is 2. The fourth-order valence-electron chi connectivity index (χ4n) is 2.24. The second kappa shape index (κ2) is 5.50. The molecule has 1 unspecified atom stereocenters. The second-order valence-electron chi connectivity index (χ2n) is 4.85. The minimum Gasteiger partial charge on any atom is -0.497 e. The van der Waals surface area contributed by atoms with E-state index >= 15 is 0 Å². The average Bonchev–Trinajstić information content (AvgIpc) is 2.41. The molecule has 1 atom stereocenters. The number of ketones is 1. The first-order valence-corrected chi connectivity index (χ1v) is 6.19. The van der Waals surface area contributed by atoms with Crippen molar-refractivity contribution in [1.29, 1.82) is 0 Å². The molecule has 18 heavy (non-hydrogen) atoms. The monoisotopic (exact) mass is 248 g/mol. The summed E-state index contributed by atoms with van der Waals surface area (Å²) < 4.78 is 5.10. The third-order valence-corrected chi connectivity index (χ3v) is 3.53. The van der Waals surface area contributed by atoms with E-state index in [4.69, 9.17) is 4.74 Å². The first kappa shape index (κ1) is 13.1. The highest BCUT2D eigenvalue weighted by molar-refractivity contribution is 6.00. The van der Waals surface area contributed by atoms with Crippen molar-refractivity contribution in [1.82, 2.24) is 9.80 Å². The molecule has 0 aliphatic carbocycles. The van der Waals surface area contributed by atoms with Crippen LogP contribution in [0.15, 0.2) is 24.3 Å². The minimum absolute atomic E-state index is 0.0443. The van der Waals surface area contributed by atoms with Gasteiger partial charge in [-0.05, 0) is 38.4 Å². The average molecular weight is 248 g/mol. The van der Waals surface area contributed by atoms with Crippen LogP contribution in [0.2, 0.25) is 0 Å². The van der Waals surface area contributed by atoms with Crippen LogP contribution in [0.3, 0.4) is 0 Å². The molecular weight excluding hydrogens is 228 g/mol. The molecule has 2 rings (SSSR count). The van der Waals surface area contributed by atoms with Crippen LogP contribution < -0.4 is 4.74 Å². The Kier molecular flexibility index (Phi) is 3.99. The van der Waals surface area contributed by atoms with Crippen molar-refractivity contribution in [2.24, 2.45) is 0 Å². The topological polar surface area (TPSA) is 32.8 Å². The molecule has 1 fully saturated rings. The Morgan fingerprint density at radius 1 is 1.22 bits per heavy atom. The zero-order valence-electron chi connectivity index (χ0n) is 11.2. The Balaban J connectivity index is 2.13. The molecule has 1 aliphatic rings. The Morgan fingerprint density at radius 2 is 1.89 bits per heavy atom. The number of methoxy groups -OCH3 is 1. The van der Waals surface area contributed by atoms with Crippen molar-refractivity contribution in [3.05, 3.63) is 29.8 Å². The molecule has 1 aromatic rings. The number of ether oxygens (including phenoxy) is 1. The van der Waals surface area contributed by atoms with Gasteiger partial charge in [0.2, 0.25) is 0 Å². The Hall–Kier alpha value is -1.39. The number of hydrogen-bond donors (Lipinski definition) is 0. The Labute approximate surface area is 108 Å². The molecule has 0 N–H and O–H groups in total. The van der Waals surface area contributed by atoms with E-state index < -0.39 is 0 Å². The third kappa shape index (κ3) is 2.71. The van der Waals surface area contributed by atoms with Crippen LogP contribution in [-0.2, 0) is 0 Å². The van der Waals surface area contributed by atoms with Gasteiger partial charge in [-0.3, -0.25) is 9.69 Å². The highest BCUT2D eigenvalue weighted by atomic mass is 16.5. The van der Waals surface area contributed by atoms with Crippen LogP contribution in [0.4, 0.5) is 0 Å². The summed E-state index contributed by atoms with van der Waals surface area (Å²) in [4.78, 5) is 16.8. The zero-order chi connectivity index (χ0) is 13.1. The van der Waals surface area contributed by atoms with Crippen LogP contribution in [0.25, 0.3) is 0 Å². The maximum Gasteiger partial charge on any atom is 0.181 e. The summed E-state index contributed by atoms with van der Waals surface area (Å²) in [5.41, 5.74) is 0.753. The zero-order valence-corrected chi connectivity index (χ0v) is 11.2. The SMILES string of the molecule is COc1ccc(C(=O)C2CN(C)CCN2C)cc1. The summed E-state index contributed by atoms with van der Waals surface area (Å²) in [6, 6.07) is 7.30. The molecule has 0 saturated carbocycles. The molecular formula is C14H20N2O2. The molecule has 1 aliphatic heterocycles. The van der Waals surface area contributed by atoms with E-state index in [9.17, 15) is 4.79 Å². The van der Waals surface area contributed by atoms with Crippen molar-refractivity contribution in [2.45, 2.75) is 6.04 Å². The molecule has 98 valence electrons. The minimum atomic E-state index is -0.0443. The van der Waals surface area contributed by atoms with E-state index in [1.54, 1.807) is 7.11 Å². The number of carbonyl (C=O) groups excluding carboxylic acids is 1. The lowest BCUT2D eigenvalue weighted by molar-refractivity contribution is 0.0686. The molecule has 0 aromatic heterocycles. The van der Waals surface area contributed by atoms with Gasteiger partial charge in [0.05, 0.1) is 13.2 Å². The quantitative estimate of drug-likeness (QED) is 0.751. The van der Waals surface area contributed by atoms with Crippen LogP contribution in [0, 0.1) is 0 Å². The lowest BCUT2D eigenvalue weighted by atomic mass is 10.0. The summed E-state index contributed by atoms with van der Waals surface area (Å²) in [6.45, 7) is 2.74. The van der Waals surface area contributed by atoms with E-state index in [0.29, 0.717) is 0 Å². The standard InChI is InChI=1S/C14H20N2O2/c1-15-8-9-16(2)13(10-15)14(17)11-4-6-12(18-3)7-5-11/h4-7,13H,8-10H2,1-3H3. The van der Waals surface area contributed by atoms with Gasteiger partial charge in [-0.15, -0.1) is 0 Å². The molecule has 1 aromatic carbocycles. The van der Waals surface area contributed by atoms with Gasteiger partial charge < -0.3 is 9.64 Å². The smallest absolute Gasteiger partial charge is 0.181 e. The Morgan fingerprint density at radius 3 is 2.50 bits per heavy atom. The van der Waals surface area contributed by atoms with E-state index in [1.807, 2.05) is 31.3 Å². The summed E-state index contributed by atoms with van der Waals surface area (Å²) in [6.07, 6.45) is 0. The largest absolute Gasteiger partial charge is 0.497 e. The molecule has 1 saturated heterocycles. The van der Waals surface area contributed by atoms with Gasteiger partial charge in [0.25, 0.3) is 0 Å². The molecule has 0 radical (unpaired) electrons. The van der Waals surface area contributed by atoms with Crippen LogP contribution in [0.5, 0.6) is 5.75 Å². The van der Waals surface area contributed by atoms with E-state index in [0.717, 1.165) is 30.9 Å². The van der Waals surface area contributed by atoms with Gasteiger partial charge in [0.1, 0.15) is 5.75 Å². The van der Waals surface area contributed by atoms with Gasteiger partial charge in [-0.2, -0.15) is 0 Å². The predicted octanol–water partition coefficient (Wildman–Crippen LogP) is 1.12. The van der Waals surface area contributed by atoms with Crippen molar-refractivity contribution in [3.8, 4) is 5.75 Å². The number of nitrogens with zero attached hydrogens (tertiary/aromatic N) is 2. The van der Waals surface area contributed by atoms with Crippen LogP contribution in [0.1, 0.15) is 10.4 Å². The van der Waals surface area contributed by atoms with Crippen molar-refractivity contribution >= 4 is 5.78 Å².